The van der Waals surface area contributed by atoms with E-state index in [9.17, 15) is 0 Å². The van der Waals surface area contributed by atoms with E-state index in [1.165, 1.54) is 19.3 Å². The van der Waals surface area contributed by atoms with Crippen molar-refractivity contribution in [1.82, 2.24) is 0 Å². The number of hydrogen-bond acceptors (Lipinski definition) is 1. The van der Waals surface area contributed by atoms with Crippen LogP contribution in [0.5, 0.6) is 0 Å². The lowest BCUT2D eigenvalue weighted by atomic mass is 9.84. The van der Waals surface area contributed by atoms with Crippen LogP contribution >= 0.6 is 0 Å². The van der Waals surface area contributed by atoms with Gasteiger partial charge in [0.2, 0.25) is 0 Å². The standard InChI is InChI=1S/C10H17N/c1-9-4-3-6-10(2,8-11)7-5-9/h9H,3-7H2,1-2H3. The summed E-state index contributed by atoms with van der Waals surface area (Å²) in [4.78, 5) is 0. The predicted molar refractivity (Wildman–Crippen MR) is 46.0 cm³/mol. The monoisotopic (exact) mass is 151 g/mol. The molecule has 0 aliphatic heterocycles. The quantitative estimate of drug-likeness (QED) is 0.488. The van der Waals surface area contributed by atoms with Crippen molar-refractivity contribution >= 4 is 0 Å². The summed E-state index contributed by atoms with van der Waals surface area (Å²) in [6.45, 7) is 4.40. The van der Waals surface area contributed by atoms with Crippen molar-refractivity contribution in [3.05, 3.63) is 0 Å². The third kappa shape index (κ3) is 2.22. The molecule has 0 amide bonds. The van der Waals surface area contributed by atoms with Gasteiger partial charge in [0.1, 0.15) is 0 Å². The van der Waals surface area contributed by atoms with E-state index in [0.717, 1.165) is 18.8 Å². The molecular formula is C10H17N. The Kier molecular flexibility index (Phi) is 2.54. The molecule has 1 fully saturated rings. The van der Waals surface area contributed by atoms with Crippen LogP contribution in [0.1, 0.15) is 46.0 Å². The van der Waals surface area contributed by atoms with Gasteiger partial charge in [-0.15, -0.1) is 0 Å². The molecule has 1 heteroatoms. The average molecular weight is 151 g/mol. The van der Waals surface area contributed by atoms with Gasteiger partial charge in [-0.1, -0.05) is 19.8 Å². The van der Waals surface area contributed by atoms with Crippen LogP contribution in [0.4, 0.5) is 0 Å². The van der Waals surface area contributed by atoms with Gasteiger partial charge in [0.25, 0.3) is 0 Å². The number of hydrogen-bond donors (Lipinski definition) is 0. The first-order valence-corrected chi connectivity index (χ1v) is 4.57. The van der Waals surface area contributed by atoms with Gasteiger partial charge >= 0.3 is 0 Å². The van der Waals surface area contributed by atoms with E-state index in [1.54, 1.807) is 0 Å². The van der Waals surface area contributed by atoms with Crippen LogP contribution in [0.15, 0.2) is 0 Å². The third-order valence-electron chi connectivity index (χ3n) is 2.88. The number of nitriles is 1. The van der Waals surface area contributed by atoms with E-state index in [2.05, 4.69) is 19.9 Å². The lowest BCUT2D eigenvalue weighted by Gasteiger charge is -2.17. The molecule has 1 saturated carbocycles. The molecule has 62 valence electrons. The van der Waals surface area contributed by atoms with Crippen LogP contribution in [-0.4, -0.2) is 0 Å². The van der Waals surface area contributed by atoms with Crippen LogP contribution in [0, 0.1) is 22.7 Å². The fourth-order valence-electron chi connectivity index (χ4n) is 1.79. The highest BCUT2D eigenvalue weighted by Gasteiger charge is 2.26. The first-order valence-electron chi connectivity index (χ1n) is 4.57. The van der Waals surface area contributed by atoms with Crippen LogP contribution < -0.4 is 0 Å². The molecule has 1 nitrogen and oxygen atoms in total. The second-order valence-corrected chi connectivity index (χ2v) is 4.21. The molecule has 0 aromatic heterocycles. The first kappa shape index (κ1) is 8.59. The smallest absolute Gasteiger partial charge is 0.0686 e. The Labute approximate surface area is 69.4 Å². The van der Waals surface area contributed by atoms with Gasteiger partial charge in [0, 0.05) is 0 Å². The molecule has 0 heterocycles. The van der Waals surface area contributed by atoms with Gasteiger partial charge in [0.05, 0.1) is 11.5 Å². The van der Waals surface area contributed by atoms with Crippen LogP contribution in [0.25, 0.3) is 0 Å². The Morgan fingerprint density at radius 2 is 2.09 bits per heavy atom. The number of rotatable bonds is 0. The Hall–Kier alpha value is -0.510. The summed E-state index contributed by atoms with van der Waals surface area (Å²) in [5, 5.41) is 8.91. The van der Waals surface area contributed by atoms with Crippen molar-refractivity contribution in [2.75, 3.05) is 0 Å². The minimum atomic E-state index is -0.00917. The third-order valence-corrected chi connectivity index (χ3v) is 2.88. The second-order valence-electron chi connectivity index (χ2n) is 4.21. The summed E-state index contributed by atoms with van der Waals surface area (Å²) < 4.78 is 0. The molecule has 0 aromatic rings. The highest BCUT2D eigenvalue weighted by atomic mass is 14.4. The Morgan fingerprint density at radius 1 is 1.36 bits per heavy atom. The van der Waals surface area contributed by atoms with E-state index < -0.39 is 0 Å². The number of nitrogens with zero attached hydrogens (tertiary/aromatic N) is 1. The zero-order chi connectivity index (χ0) is 8.32. The lowest BCUT2D eigenvalue weighted by molar-refractivity contribution is 0.374. The fourth-order valence-corrected chi connectivity index (χ4v) is 1.79. The van der Waals surface area contributed by atoms with Crippen LogP contribution in [0.2, 0.25) is 0 Å². The Morgan fingerprint density at radius 3 is 2.73 bits per heavy atom. The second kappa shape index (κ2) is 3.26. The highest BCUT2D eigenvalue weighted by molar-refractivity contribution is 4.96. The maximum absolute atomic E-state index is 8.91. The molecule has 0 aromatic carbocycles. The van der Waals surface area contributed by atoms with E-state index >= 15 is 0 Å². The van der Waals surface area contributed by atoms with Gasteiger partial charge < -0.3 is 0 Å². The topological polar surface area (TPSA) is 23.8 Å². The van der Waals surface area contributed by atoms with Gasteiger partial charge in [-0.05, 0) is 32.1 Å². The lowest BCUT2D eigenvalue weighted by Crippen LogP contribution is -2.11. The molecule has 2 unspecified atom stereocenters. The highest BCUT2D eigenvalue weighted by Crippen LogP contribution is 2.35. The van der Waals surface area contributed by atoms with Crippen molar-refractivity contribution in [2.24, 2.45) is 11.3 Å². The molecule has 11 heavy (non-hydrogen) atoms. The molecule has 0 bridgehead atoms. The average Bonchev–Trinajstić information content (AvgIpc) is 2.15. The van der Waals surface area contributed by atoms with E-state index in [-0.39, 0.29) is 5.41 Å². The maximum Gasteiger partial charge on any atom is 0.0686 e. The van der Waals surface area contributed by atoms with E-state index in [1.807, 2.05) is 0 Å². The summed E-state index contributed by atoms with van der Waals surface area (Å²) in [5.74, 6) is 0.838. The minimum Gasteiger partial charge on any atom is -0.198 e. The molecule has 0 spiro atoms. The largest absolute Gasteiger partial charge is 0.198 e. The molecule has 2 atom stereocenters. The first-order chi connectivity index (χ1) is 5.16. The van der Waals surface area contributed by atoms with Gasteiger partial charge in [-0.3, -0.25) is 0 Å². The summed E-state index contributed by atoms with van der Waals surface area (Å²) in [6.07, 6.45) is 6.01. The molecule has 1 aliphatic carbocycles. The van der Waals surface area contributed by atoms with Crippen molar-refractivity contribution in [2.45, 2.75) is 46.0 Å². The fraction of sp³-hybridized carbons (Fsp3) is 0.900. The zero-order valence-electron chi connectivity index (χ0n) is 7.56. The summed E-state index contributed by atoms with van der Waals surface area (Å²) in [7, 11) is 0. The van der Waals surface area contributed by atoms with E-state index in [4.69, 9.17) is 5.26 Å². The van der Waals surface area contributed by atoms with Crippen molar-refractivity contribution in [1.29, 1.82) is 5.26 Å². The summed E-state index contributed by atoms with van der Waals surface area (Å²) in [5.41, 5.74) is -0.00917. The molecule has 1 aliphatic rings. The maximum atomic E-state index is 8.91. The molecule has 0 N–H and O–H groups in total. The van der Waals surface area contributed by atoms with Crippen LogP contribution in [0.3, 0.4) is 0 Å². The minimum absolute atomic E-state index is 0.00917. The molecule has 1 rings (SSSR count). The van der Waals surface area contributed by atoms with Gasteiger partial charge in [0.15, 0.2) is 0 Å². The Balaban J connectivity index is 2.54. The zero-order valence-corrected chi connectivity index (χ0v) is 7.56. The molecule has 0 saturated heterocycles. The van der Waals surface area contributed by atoms with Gasteiger partial charge in [-0.2, -0.15) is 5.26 Å². The summed E-state index contributed by atoms with van der Waals surface area (Å²) >= 11 is 0. The SMILES string of the molecule is CC1CCCC(C)(C#N)CC1. The molecular weight excluding hydrogens is 134 g/mol. The van der Waals surface area contributed by atoms with Crippen LogP contribution in [-0.2, 0) is 0 Å². The Bertz CT molecular complexity index is 168. The normalized spacial score (nSPS) is 39.2. The van der Waals surface area contributed by atoms with Crippen molar-refractivity contribution < 1.29 is 0 Å². The van der Waals surface area contributed by atoms with Crippen molar-refractivity contribution in [3.8, 4) is 6.07 Å². The molecule has 0 radical (unpaired) electrons. The summed E-state index contributed by atoms with van der Waals surface area (Å²) in [6, 6.07) is 2.44. The predicted octanol–water partition coefficient (Wildman–Crippen LogP) is 3.12. The van der Waals surface area contributed by atoms with E-state index in [0.29, 0.717) is 0 Å². The van der Waals surface area contributed by atoms with Crippen molar-refractivity contribution in [3.63, 3.8) is 0 Å². The van der Waals surface area contributed by atoms with Gasteiger partial charge in [-0.25, -0.2) is 0 Å².